The van der Waals surface area contributed by atoms with E-state index in [1.807, 2.05) is 21.1 Å². The first kappa shape index (κ1) is 21.0. The lowest BCUT2D eigenvalue weighted by atomic mass is 10.0. The summed E-state index contributed by atoms with van der Waals surface area (Å²) in [5.74, 6) is 0.165. The van der Waals surface area contributed by atoms with Crippen molar-refractivity contribution in [1.29, 1.82) is 0 Å². The molecule has 0 saturated heterocycles. The van der Waals surface area contributed by atoms with Crippen LogP contribution in [0.3, 0.4) is 0 Å². The third-order valence-electron chi connectivity index (χ3n) is 3.24. The fourth-order valence-electron chi connectivity index (χ4n) is 2.05. The SMILES string of the molecule is C=C(CCCCCCCCCC)C(=O)[N+](C)(C)C.[Cl-]. The lowest BCUT2D eigenvalue weighted by Crippen LogP contribution is -3.00. The van der Waals surface area contributed by atoms with E-state index in [9.17, 15) is 4.79 Å². The van der Waals surface area contributed by atoms with Crippen molar-refractivity contribution in [3.05, 3.63) is 12.2 Å². The lowest BCUT2D eigenvalue weighted by Gasteiger charge is -2.21. The van der Waals surface area contributed by atoms with Gasteiger partial charge >= 0.3 is 5.91 Å². The highest BCUT2D eigenvalue weighted by Gasteiger charge is 2.22. The molecule has 0 fully saturated rings. The van der Waals surface area contributed by atoms with Gasteiger partial charge in [-0.2, -0.15) is 0 Å². The Kier molecular flexibility index (Phi) is 12.7. The smallest absolute Gasteiger partial charge is 0.340 e. The molecule has 0 heterocycles. The molecule has 0 aliphatic rings. The summed E-state index contributed by atoms with van der Waals surface area (Å²) in [6.07, 6.45) is 11.3. The molecule has 0 unspecified atom stereocenters. The molecule has 0 aliphatic carbocycles. The Bertz CT molecular complexity index is 256. The Hall–Kier alpha value is -0.340. The molecule has 3 heteroatoms. The normalized spacial score (nSPS) is 10.9. The van der Waals surface area contributed by atoms with Crippen molar-refractivity contribution >= 4 is 5.91 Å². The van der Waals surface area contributed by atoms with Crippen molar-refractivity contribution < 1.29 is 21.7 Å². The van der Waals surface area contributed by atoms with Crippen LogP contribution in [0, 0.1) is 0 Å². The summed E-state index contributed by atoms with van der Waals surface area (Å²) >= 11 is 0. The predicted octanol–water partition coefficient (Wildman–Crippen LogP) is 1.31. The number of halogens is 1. The predicted molar refractivity (Wildman–Crippen MR) is 79.4 cm³/mol. The van der Waals surface area contributed by atoms with Crippen LogP contribution in [0.1, 0.15) is 64.7 Å². The molecular weight excluding hydrogens is 258 g/mol. The Morgan fingerprint density at radius 1 is 0.895 bits per heavy atom. The van der Waals surface area contributed by atoms with Crippen molar-refractivity contribution in [2.75, 3.05) is 21.1 Å². The van der Waals surface area contributed by atoms with E-state index in [4.69, 9.17) is 0 Å². The maximum Gasteiger partial charge on any atom is 0.340 e. The third-order valence-corrected chi connectivity index (χ3v) is 3.24. The molecule has 0 aromatic rings. The number of hydrogen-bond donors (Lipinski definition) is 0. The fourth-order valence-corrected chi connectivity index (χ4v) is 2.05. The second-order valence-corrected chi connectivity index (χ2v) is 6.15. The Balaban J connectivity index is 0. The van der Waals surface area contributed by atoms with Crippen LogP contribution in [-0.4, -0.2) is 31.5 Å². The van der Waals surface area contributed by atoms with E-state index in [0.717, 1.165) is 18.4 Å². The topological polar surface area (TPSA) is 17.1 Å². The van der Waals surface area contributed by atoms with E-state index < -0.39 is 0 Å². The number of amides is 1. The van der Waals surface area contributed by atoms with Gasteiger partial charge in [-0.25, -0.2) is 4.79 Å². The fraction of sp³-hybridized carbons (Fsp3) is 0.812. The number of rotatable bonds is 10. The minimum absolute atomic E-state index is 0. The third kappa shape index (κ3) is 11.2. The summed E-state index contributed by atoms with van der Waals surface area (Å²) in [6.45, 7) is 6.16. The van der Waals surface area contributed by atoms with E-state index in [-0.39, 0.29) is 18.3 Å². The van der Waals surface area contributed by atoms with Crippen molar-refractivity contribution in [2.45, 2.75) is 64.7 Å². The van der Waals surface area contributed by atoms with Crippen molar-refractivity contribution in [2.24, 2.45) is 0 Å². The summed E-state index contributed by atoms with van der Waals surface area (Å²) in [4.78, 5) is 11.9. The van der Waals surface area contributed by atoms with Gasteiger partial charge in [0.1, 0.15) is 0 Å². The minimum atomic E-state index is 0. The van der Waals surface area contributed by atoms with Gasteiger partial charge in [-0.1, -0.05) is 58.4 Å². The summed E-state index contributed by atoms with van der Waals surface area (Å²) in [5, 5.41) is 0. The van der Waals surface area contributed by atoms with Gasteiger partial charge in [-0.3, -0.25) is 4.48 Å². The van der Waals surface area contributed by atoms with E-state index in [1.165, 1.54) is 44.9 Å². The van der Waals surface area contributed by atoms with Gasteiger partial charge in [-0.05, 0) is 12.8 Å². The van der Waals surface area contributed by atoms with Gasteiger partial charge in [0.15, 0.2) is 0 Å². The van der Waals surface area contributed by atoms with Gasteiger partial charge in [0.05, 0.1) is 21.1 Å². The largest absolute Gasteiger partial charge is 1.00 e. The summed E-state index contributed by atoms with van der Waals surface area (Å²) in [7, 11) is 5.71. The molecule has 114 valence electrons. The molecule has 0 saturated carbocycles. The van der Waals surface area contributed by atoms with Crippen LogP contribution < -0.4 is 12.4 Å². The van der Waals surface area contributed by atoms with Gasteiger partial charge in [0.2, 0.25) is 0 Å². The number of hydrogen-bond acceptors (Lipinski definition) is 1. The average Bonchev–Trinajstić information content (AvgIpc) is 2.30. The molecule has 0 aromatic carbocycles. The molecule has 0 aliphatic heterocycles. The highest BCUT2D eigenvalue weighted by Crippen LogP contribution is 2.14. The Labute approximate surface area is 126 Å². The average molecular weight is 290 g/mol. The number of carbonyl (C=O) groups is 1. The standard InChI is InChI=1S/C16H32NO.ClH/c1-6-7-8-9-10-11-12-13-14-15(2)16(18)17(3,4)5;/h2,6-14H2,1,3-5H3;1H/q+1;/p-1. The molecule has 0 radical (unpaired) electrons. The van der Waals surface area contributed by atoms with Gasteiger partial charge in [-0.15, -0.1) is 0 Å². The molecule has 0 bridgehead atoms. The first-order valence-electron chi connectivity index (χ1n) is 7.43. The zero-order valence-electron chi connectivity index (χ0n) is 13.3. The quantitative estimate of drug-likeness (QED) is 0.337. The van der Waals surface area contributed by atoms with Crippen LogP contribution in [0.5, 0.6) is 0 Å². The number of unbranched alkanes of at least 4 members (excludes halogenated alkanes) is 7. The number of carbonyl (C=O) groups excluding carboxylic acids is 1. The van der Waals surface area contributed by atoms with Crippen LogP contribution in [0.4, 0.5) is 0 Å². The highest BCUT2D eigenvalue weighted by atomic mass is 35.5. The molecule has 19 heavy (non-hydrogen) atoms. The minimum Gasteiger partial charge on any atom is -1.00 e. The molecular formula is C16H32ClNO. The van der Waals surface area contributed by atoms with Crippen molar-refractivity contribution in [3.63, 3.8) is 0 Å². The number of likely N-dealkylation sites (N-methyl/N-ethyl adjacent to an activating group) is 1. The first-order chi connectivity index (χ1) is 8.39. The molecule has 2 nitrogen and oxygen atoms in total. The second-order valence-electron chi connectivity index (χ2n) is 6.15. The zero-order valence-corrected chi connectivity index (χ0v) is 14.1. The van der Waals surface area contributed by atoms with Crippen molar-refractivity contribution in [3.8, 4) is 0 Å². The maximum atomic E-state index is 11.9. The molecule has 0 spiro atoms. The number of quaternary nitrogens is 1. The van der Waals surface area contributed by atoms with Crippen LogP contribution in [0.15, 0.2) is 12.2 Å². The second kappa shape index (κ2) is 11.5. The van der Waals surface area contributed by atoms with Gasteiger partial charge in [0, 0.05) is 5.57 Å². The summed E-state index contributed by atoms with van der Waals surface area (Å²) < 4.78 is 0.357. The van der Waals surface area contributed by atoms with Crippen LogP contribution in [0.2, 0.25) is 0 Å². The maximum absolute atomic E-state index is 11.9. The lowest BCUT2D eigenvalue weighted by molar-refractivity contribution is -0.789. The Morgan fingerprint density at radius 2 is 1.32 bits per heavy atom. The molecule has 0 aromatic heterocycles. The van der Waals surface area contributed by atoms with Gasteiger partial charge < -0.3 is 12.4 Å². The van der Waals surface area contributed by atoms with E-state index in [0.29, 0.717) is 4.48 Å². The molecule has 0 atom stereocenters. The van der Waals surface area contributed by atoms with Crippen LogP contribution in [-0.2, 0) is 4.79 Å². The van der Waals surface area contributed by atoms with Crippen LogP contribution >= 0.6 is 0 Å². The van der Waals surface area contributed by atoms with Gasteiger partial charge in [0.25, 0.3) is 0 Å². The molecule has 0 rings (SSSR count). The highest BCUT2D eigenvalue weighted by molar-refractivity contribution is 5.86. The first-order valence-corrected chi connectivity index (χ1v) is 7.43. The molecule has 1 amide bonds. The zero-order chi connectivity index (χ0) is 14.0. The summed E-state index contributed by atoms with van der Waals surface area (Å²) in [5.41, 5.74) is 0.786. The van der Waals surface area contributed by atoms with E-state index >= 15 is 0 Å². The van der Waals surface area contributed by atoms with Crippen molar-refractivity contribution in [1.82, 2.24) is 0 Å². The monoisotopic (exact) mass is 289 g/mol. The van der Waals surface area contributed by atoms with E-state index in [1.54, 1.807) is 0 Å². The summed E-state index contributed by atoms with van der Waals surface area (Å²) in [6, 6.07) is 0. The van der Waals surface area contributed by atoms with Crippen LogP contribution in [0.25, 0.3) is 0 Å². The van der Waals surface area contributed by atoms with E-state index in [2.05, 4.69) is 13.5 Å². The Morgan fingerprint density at radius 3 is 1.74 bits per heavy atom. The molecule has 0 N–H and O–H groups in total. The number of nitrogens with zero attached hydrogens (tertiary/aromatic N) is 1.